The predicted octanol–water partition coefficient (Wildman–Crippen LogP) is 1.81. The minimum atomic E-state index is 0.593. The number of hydrogen-bond donors (Lipinski definition) is 0. The van der Waals surface area contributed by atoms with Crippen molar-refractivity contribution in [2.75, 3.05) is 0 Å². The van der Waals surface area contributed by atoms with Crippen molar-refractivity contribution in [2.45, 2.75) is 26.9 Å². The molecule has 0 spiro atoms. The molecule has 1 aromatic rings. The average molecular weight is 181 g/mol. The molecule has 0 amide bonds. The zero-order chi connectivity index (χ0) is 8.97. The molecule has 1 rings (SSSR count). The average Bonchev–Trinajstić information content (AvgIpc) is 2.43. The molecule has 64 valence electrons. The molecule has 0 radical (unpaired) electrons. The first-order chi connectivity index (χ1) is 5.77. The van der Waals surface area contributed by atoms with Gasteiger partial charge in [-0.25, -0.2) is 4.99 Å². The summed E-state index contributed by atoms with van der Waals surface area (Å²) in [5, 5.41) is 6.62. The fourth-order valence-corrected chi connectivity index (χ4v) is 1.06. The number of thiocarbonyl (C=S) groups is 1. The molecular formula is C8H11N3S. The van der Waals surface area contributed by atoms with Crippen molar-refractivity contribution in [1.82, 2.24) is 9.78 Å². The molecule has 0 aliphatic rings. The molecule has 4 heteroatoms. The van der Waals surface area contributed by atoms with Crippen LogP contribution in [0, 0.1) is 6.92 Å². The van der Waals surface area contributed by atoms with Crippen molar-refractivity contribution in [3.63, 3.8) is 0 Å². The van der Waals surface area contributed by atoms with Gasteiger partial charge in [-0.1, -0.05) is 0 Å². The third-order valence-electron chi connectivity index (χ3n) is 1.69. The van der Waals surface area contributed by atoms with Crippen LogP contribution in [0.5, 0.6) is 0 Å². The summed E-state index contributed by atoms with van der Waals surface area (Å²) in [6.45, 7) is 5.51. The third kappa shape index (κ3) is 2.00. The zero-order valence-electron chi connectivity index (χ0n) is 7.24. The van der Waals surface area contributed by atoms with Gasteiger partial charge in [-0.05, 0) is 26.1 Å². The Hall–Kier alpha value is -0.990. The van der Waals surface area contributed by atoms with Crippen molar-refractivity contribution in [3.05, 3.63) is 17.5 Å². The second kappa shape index (κ2) is 4.14. The molecule has 3 nitrogen and oxygen atoms in total. The molecule has 0 atom stereocenters. The molecular weight excluding hydrogens is 170 g/mol. The minimum absolute atomic E-state index is 0.593. The Balaban J connectivity index is 2.84. The summed E-state index contributed by atoms with van der Waals surface area (Å²) in [7, 11) is 0. The van der Waals surface area contributed by atoms with Crippen molar-refractivity contribution >= 4 is 17.4 Å². The van der Waals surface area contributed by atoms with Crippen molar-refractivity contribution in [2.24, 2.45) is 4.99 Å². The van der Waals surface area contributed by atoms with Crippen LogP contribution >= 0.6 is 12.2 Å². The number of aryl methyl sites for hydroxylation is 2. The van der Waals surface area contributed by atoms with E-state index in [2.05, 4.69) is 34.4 Å². The van der Waals surface area contributed by atoms with Crippen LogP contribution in [0.3, 0.4) is 0 Å². The van der Waals surface area contributed by atoms with Gasteiger partial charge in [0.2, 0.25) is 0 Å². The number of rotatable bonds is 3. The molecule has 0 aliphatic heterocycles. The summed E-state index contributed by atoms with van der Waals surface area (Å²) in [6, 6.07) is 0. The summed E-state index contributed by atoms with van der Waals surface area (Å²) in [6.07, 6.45) is 1.99. The smallest absolute Gasteiger partial charge is 0.0776 e. The first-order valence-electron chi connectivity index (χ1n) is 3.84. The van der Waals surface area contributed by atoms with Crippen LogP contribution in [-0.2, 0) is 13.1 Å². The standard InChI is InChI=1S/C8H11N3S/c1-3-11-5-8(4-9-6-12)7(2)10-11/h5H,3-4H2,1-2H3. The van der Waals surface area contributed by atoms with E-state index in [1.807, 2.05) is 17.8 Å². The van der Waals surface area contributed by atoms with Crippen molar-refractivity contribution in [1.29, 1.82) is 0 Å². The minimum Gasteiger partial charge on any atom is -0.272 e. The fraction of sp³-hybridized carbons (Fsp3) is 0.500. The van der Waals surface area contributed by atoms with Crippen LogP contribution in [0.15, 0.2) is 11.2 Å². The number of aromatic nitrogens is 2. The van der Waals surface area contributed by atoms with E-state index in [4.69, 9.17) is 0 Å². The number of isothiocyanates is 1. The largest absolute Gasteiger partial charge is 0.272 e. The van der Waals surface area contributed by atoms with Crippen LogP contribution < -0.4 is 0 Å². The Bertz CT molecular complexity index is 310. The van der Waals surface area contributed by atoms with Gasteiger partial charge in [-0.3, -0.25) is 4.68 Å². The monoisotopic (exact) mass is 181 g/mol. The van der Waals surface area contributed by atoms with Crippen LogP contribution in [-0.4, -0.2) is 14.9 Å². The lowest BCUT2D eigenvalue weighted by atomic mass is 10.3. The molecule has 12 heavy (non-hydrogen) atoms. The summed E-state index contributed by atoms with van der Waals surface area (Å²) < 4.78 is 1.89. The van der Waals surface area contributed by atoms with E-state index in [0.29, 0.717) is 6.54 Å². The van der Waals surface area contributed by atoms with E-state index in [1.54, 1.807) is 0 Å². The van der Waals surface area contributed by atoms with Crippen LogP contribution in [0.4, 0.5) is 0 Å². The molecule has 0 saturated heterocycles. The molecule has 0 aliphatic carbocycles. The van der Waals surface area contributed by atoms with E-state index in [9.17, 15) is 0 Å². The summed E-state index contributed by atoms with van der Waals surface area (Å²) in [4.78, 5) is 3.86. The maximum atomic E-state index is 4.49. The molecule has 0 saturated carbocycles. The fourth-order valence-electron chi connectivity index (χ4n) is 0.994. The normalized spacial score (nSPS) is 9.50. The lowest BCUT2D eigenvalue weighted by Gasteiger charge is -1.89. The molecule has 0 bridgehead atoms. The van der Waals surface area contributed by atoms with Crippen LogP contribution in [0.1, 0.15) is 18.2 Å². The number of nitrogens with zero attached hydrogens (tertiary/aromatic N) is 3. The van der Waals surface area contributed by atoms with Gasteiger partial charge in [-0.15, -0.1) is 0 Å². The second-order valence-corrected chi connectivity index (χ2v) is 2.69. The Morgan fingerprint density at radius 3 is 3.00 bits per heavy atom. The van der Waals surface area contributed by atoms with E-state index < -0.39 is 0 Å². The van der Waals surface area contributed by atoms with Gasteiger partial charge in [-0.2, -0.15) is 5.10 Å². The summed E-state index contributed by atoms with van der Waals surface area (Å²) in [5.41, 5.74) is 2.14. The van der Waals surface area contributed by atoms with E-state index in [-0.39, 0.29) is 0 Å². The second-order valence-electron chi connectivity index (χ2n) is 2.50. The Morgan fingerprint density at radius 1 is 1.75 bits per heavy atom. The highest BCUT2D eigenvalue weighted by Gasteiger charge is 2.01. The predicted molar refractivity (Wildman–Crippen MR) is 51.4 cm³/mol. The number of hydrogen-bond acceptors (Lipinski definition) is 3. The molecule has 1 aromatic heterocycles. The molecule has 1 heterocycles. The van der Waals surface area contributed by atoms with E-state index in [0.717, 1.165) is 17.8 Å². The van der Waals surface area contributed by atoms with Gasteiger partial charge in [0.25, 0.3) is 0 Å². The zero-order valence-corrected chi connectivity index (χ0v) is 8.06. The van der Waals surface area contributed by atoms with Gasteiger partial charge in [0.15, 0.2) is 0 Å². The summed E-state index contributed by atoms with van der Waals surface area (Å²) in [5.74, 6) is 0. The van der Waals surface area contributed by atoms with Crippen LogP contribution in [0.25, 0.3) is 0 Å². The lowest BCUT2D eigenvalue weighted by Crippen LogP contribution is -1.93. The highest BCUT2D eigenvalue weighted by Crippen LogP contribution is 2.06. The highest BCUT2D eigenvalue weighted by molar-refractivity contribution is 7.78. The molecule has 0 fully saturated rings. The Kier molecular flexibility index (Phi) is 3.14. The Morgan fingerprint density at radius 2 is 2.50 bits per heavy atom. The van der Waals surface area contributed by atoms with Gasteiger partial charge in [0, 0.05) is 18.3 Å². The lowest BCUT2D eigenvalue weighted by molar-refractivity contribution is 0.653. The SMILES string of the molecule is CCn1cc(CN=C=S)c(C)n1. The first kappa shape index (κ1) is 9.10. The summed E-state index contributed by atoms with van der Waals surface area (Å²) >= 11 is 4.49. The highest BCUT2D eigenvalue weighted by atomic mass is 32.1. The van der Waals surface area contributed by atoms with Crippen molar-refractivity contribution < 1.29 is 0 Å². The van der Waals surface area contributed by atoms with Crippen molar-refractivity contribution in [3.8, 4) is 0 Å². The van der Waals surface area contributed by atoms with Gasteiger partial charge in [0.1, 0.15) is 0 Å². The first-order valence-corrected chi connectivity index (χ1v) is 4.25. The van der Waals surface area contributed by atoms with Crippen LogP contribution in [0.2, 0.25) is 0 Å². The van der Waals surface area contributed by atoms with Gasteiger partial charge >= 0.3 is 0 Å². The topological polar surface area (TPSA) is 30.2 Å². The Labute approximate surface area is 77.1 Å². The molecule has 0 N–H and O–H groups in total. The number of aliphatic imine (C=N–C) groups is 1. The van der Waals surface area contributed by atoms with Gasteiger partial charge < -0.3 is 0 Å². The van der Waals surface area contributed by atoms with E-state index in [1.165, 1.54) is 0 Å². The maximum Gasteiger partial charge on any atom is 0.0776 e. The molecule has 0 unspecified atom stereocenters. The van der Waals surface area contributed by atoms with Gasteiger partial charge in [0.05, 0.1) is 17.4 Å². The quantitative estimate of drug-likeness (QED) is 0.526. The van der Waals surface area contributed by atoms with E-state index >= 15 is 0 Å². The molecule has 0 aromatic carbocycles. The maximum absolute atomic E-state index is 4.49. The third-order valence-corrected chi connectivity index (χ3v) is 1.82.